The van der Waals surface area contributed by atoms with Gasteiger partial charge in [-0.25, -0.2) is 9.37 Å². The van der Waals surface area contributed by atoms with Gasteiger partial charge in [0.1, 0.15) is 11.6 Å². The molecule has 4 nitrogen and oxygen atoms in total. The highest BCUT2D eigenvalue weighted by Crippen LogP contribution is 2.41. The Morgan fingerprint density at radius 2 is 1.78 bits per heavy atom. The lowest BCUT2D eigenvalue weighted by Gasteiger charge is -2.31. The quantitative estimate of drug-likeness (QED) is 0.728. The van der Waals surface area contributed by atoms with Crippen LogP contribution in [0.2, 0.25) is 0 Å². The second-order valence-electron chi connectivity index (χ2n) is 6.47. The number of halogens is 4. The van der Waals surface area contributed by atoms with E-state index >= 15 is 0 Å². The molecule has 1 saturated carbocycles. The molecule has 1 aromatic heterocycles. The first-order valence-electron chi connectivity index (χ1n) is 8.60. The van der Waals surface area contributed by atoms with Crippen LogP contribution in [-0.2, 0) is 4.79 Å². The normalized spacial score (nSPS) is 20.1. The van der Waals surface area contributed by atoms with Crippen LogP contribution in [0.25, 0.3) is 0 Å². The zero-order chi connectivity index (χ0) is 19.4. The number of carbonyl (C=O) groups is 1. The van der Waals surface area contributed by atoms with Crippen molar-refractivity contribution >= 4 is 11.6 Å². The first-order chi connectivity index (χ1) is 12.8. The van der Waals surface area contributed by atoms with Crippen molar-refractivity contribution in [1.82, 2.24) is 4.98 Å². The third kappa shape index (κ3) is 4.96. The molecule has 1 fully saturated rings. The molecule has 144 valence electrons. The molecule has 1 N–H and O–H groups in total. The summed E-state index contributed by atoms with van der Waals surface area (Å²) < 4.78 is 57.7. The number of carbonyl (C=O) groups excluding carboxylic acids is 1. The van der Waals surface area contributed by atoms with Gasteiger partial charge < -0.3 is 10.1 Å². The van der Waals surface area contributed by atoms with Crippen LogP contribution in [0, 0.1) is 17.7 Å². The minimum Gasteiger partial charge on any atom is -0.439 e. The van der Waals surface area contributed by atoms with Crippen LogP contribution >= 0.6 is 0 Å². The van der Waals surface area contributed by atoms with Crippen molar-refractivity contribution in [3.05, 3.63) is 48.4 Å². The van der Waals surface area contributed by atoms with Gasteiger partial charge in [-0.2, -0.15) is 13.2 Å². The van der Waals surface area contributed by atoms with E-state index in [9.17, 15) is 22.4 Å². The van der Waals surface area contributed by atoms with E-state index in [0.29, 0.717) is 18.6 Å². The lowest BCUT2D eigenvalue weighted by Crippen LogP contribution is -2.39. The smallest absolute Gasteiger partial charge is 0.392 e. The summed E-state index contributed by atoms with van der Waals surface area (Å²) in [6.45, 7) is 0. The number of anilines is 1. The van der Waals surface area contributed by atoms with E-state index in [1.807, 2.05) is 0 Å². The maximum absolute atomic E-state index is 13.1. The van der Waals surface area contributed by atoms with Gasteiger partial charge in [0.05, 0.1) is 17.8 Å². The molecule has 3 rings (SSSR count). The number of hydrogen-bond acceptors (Lipinski definition) is 3. The average Bonchev–Trinajstić information content (AvgIpc) is 2.64. The minimum absolute atomic E-state index is 0.0235. The number of benzene rings is 1. The molecule has 2 aromatic rings. The summed E-state index contributed by atoms with van der Waals surface area (Å²) in [5, 5.41) is 2.51. The lowest BCUT2D eigenvalue weighted by molar-refractivity contribution is -0.197. The first kappa shape index (κ1) is 19.1. The monoisotopic (exact) mass is 382 g/mol. The molecule has 1 aliphatic rings. The van der Waals surface area contributed by atoms with Crippen molar-refractivity contribution in [2.75, 3.05) is 5.32 Å². The summed E-state index contributed by atoms with van der Waals surface area (Å²) in [4.78, 5) is 16.3. The van der Waals surface area contributed by atoms with E-state index in [4.69, 9.17) is 4.74 Å². The zero-order valence-electron chi connectivity index (χ0n) is 14.3. The van der Waals surface area contributed by atoms with Gasteiger partial charge in [-0.3, -0.25) is 4.79 Å². The maximum atomic E-state index is 13.1. The van der Waals surface area contributed by atoms with Crippen molar-refractivity contribution in [1.29, 1.82) is 0 Å². The van der Waals surface area contributed by atoms with Gasteiger partial charge in [-0.1, -0.05) is 12.8 Å². The minimum atomic E-state index is -4.38. The average molecular weight is 382 g/mol. The third-order valence-electron chi connectivity index (χ3n) is 4.56. The van der Waals surface area contributed by atoms with E-state index in [2.05, 4.69) is 10.3 Å². The maximum Gasteiger partial charge on any atom is 0.392 e. The Hall–Kier alpha value is -2.64. The summed E-state index contributed by atoms with van der Waals surface area (Å²) in [7, 11) is 0. The second-order valence-corrected chi connectivity index (χ2v) is 6.47. The molecule has 1 aromatic carbocycles. The Morgan fingerprint density at radius 3 is 2.41 bits per heavy atom. The fourth-order valence-electron chi connectivity index (χ4n) is 3.21. The second kappa shape index (κ2) is 7.94. The molecule has 1 amide bonds. The van der Waals surface area contributed by atoms with Gasteiger partial charge in [-0.05, 0) is 43.2 Å². The van der Waals surface area contributed by atoms with Crippen LogP contribution in [0.3, 0.4) is 0 Å². The largest absolute Gasteiger partial charge is 0.439 e. The third-order valence-corrected chi connectivity index (χ3v) is 4.56. The van der Waals surface area contributed by atoms with E-state index in [1.54, 1.807) is 0 Å². The number of nitrogens with zero attached hydrogens (tertiary/aromatic N) is 1. The van der Waals surface area contributed by atoms with E-state index < -0.39 is 29.7 Å². The highest BCUT2D eigenvalue weighted by atomic mass is 19.4. The fourth-order valence-corrected chi connectivity index (χ4v) is 3.21. The van der Waals surface area contributed by atoms with Crippen LogP contribution < -0.4 is 10.1 Å². The predicted octanol–water partition coefficient (Wildman–Crippen LogP) is 5.32. The van der Waals surface area contributed by atoms with E-state index in [0.717, 1.165) is 0 Å². The molecule has 2 atom stereocenters. The number of hydrogen-bond donors (Lipinski definition) is 1. The van der Waals surface area contributed by atoms with Gasteiger partial charge >= 0.3 is 6.18 Å². The molecule has 2 unspecified atom stereocenters. The van der Waals surface area contributed by atoms with E-state index in [-0.39, 0.29) is 24.4 Å². The Morgan fingerprint density at radius 1 is 1.07 bits per heavy atom. The van der Waals surface area contributed by atoms with Gasteiger partial charge in [0.15, 0.2) is 0 Å². The van der Waals surface area contributed by atoms with Gasteiger partial charge in [0, 0.05) is 12.0 Å². The predicted molar refractivity (Wildman–Crippen MR) is 90.8 cm³/mol. The standard InChI is InChI=1S/C19H18F4N2O2/c20-12-5-8-14(9-6-12)27-17-10-7-13(11-24-17)25-18(26)15-3-1-2-4-16(15)19(21,22)23/h5-11,15-16H,1-4H2,(H,25,26). The zero-order valence-corrected chi connectivity index (χ0v) is 14.3. The summed E-state index contributed by atoms with van der Waals surface area (Å²) in [6, 6.07) is 8.33. The van der Waals surface area contributed by atoms with Gasteiger partial charge in [0.25, 0.3) is 0 Å². The summed E-state index contributed by atoms with van der Waals surface area (Å²) >= 11 is 0. The fraction of sp³-hybridized carbons (Fsp3) is 0.368. The van der Waals surface area contributed by atoms with E-state index in [1.165, 1.54) is 42.6 Å². The van der Waals surface area contributed by atoms with Crippen molar-refractivity contribution in [3.8, 4) is 11.6 Å². The van der Waals surface area contributed by atoms with Crippen LogP contribution in [0.5, 0.6) is 11.6 Å². The van der Waals surface area contributed by atoms with Crippen LogP contribution in [0.1, 0.15) is 25.7 Å². The van der Waals surface area contributed by atoms with Crippen molar-refractivity contribution in [2.45, 2.75) is 31.9 Å². The molecule has 1 heterocycles. The van der Waals surface area contributed by atoms with Crippen LogP contribution in [-0.4, -0.2) is 17.1 Å². The molecule has 27 heavy (non-hydrogen) atoms. The number of amides is 1. The number of rotatable bonds is 4. The van der Waals surface area contributed by atoms with Crippen molar-refractivity contribution in [3.63, 3.8) is 0 Å². The molecule has 0 radical (unpaired) electrons. The Bertz CT molecular complexity index is 776. The van der Waals surface area contributed by atoms with Crippen molar-refractivity contribution < 1.29 is 27.1 Å². The highest BCUT2D eigenvalue weighted by Gasteiger charge is 2.48. The molecule has 0 aliphatic heterocycles. The van der Waals surface area contributed by atoms with Crippen LogP contribution in [0.4, 0.5) is 23.2 Å². The van der Waals surface area contributed by atoms with Crippen molar-refractivity contribution in [2.24, 2.45) is 11.8 Å². The lowest BCUT2D eigenvalue weighted by atomic mass is 9.78. The first-order valence-corrected chi connectivity index (χ1v) is 8.60. The summed E-state index contributed by atoms with van der Waals surface area (Å²) in [5.41, 5.74) is 0.290. The Balaban J connectivity index is 1.63. The number of alkyl halides is 3. The molecule has 0 bridgehead atoms. The molecule has 1 aliphatic carbocycles. The summed E-state index contributed by atoms with van der Waals surface area (Å²) in [6.07, 6.45) is -1.80. The number of pyridine rings is 1. The topological polar surface area (TPSA) is 51.2 Å². The van der Waals surface area contributed by atoms with Crippen LogP contribution in [0.15, 0.2) is 42.6 Å². The molecule has 0 saturated heterocycles. The van der Waals surface area contributed by atoms with Gasteiger partial charge in [0.2, 0.25) is 11.8 Å². The molecular formula is C19H18F4N2O2. The Kier molecular flexibility index (Phi) is 5.62. The highest BCUT2D eigenvalue weighted by molar-refractivity contribution is 5.92. The number of ether oxygens (including phenoxy) is 1. The number of aromatic nitrogens is 1. The molecular weight excluding hydrogens is 364 g/mol. The SMILES string of the molecule is O=C(Nc1ccc(Oc2ccc(F)cc2)nc1)C1CCCCC1C(F)(F)F. The molecule has 8 heteroatoms. The summed E-state index contributed by atoms with van der Waals surface area (Å²) in [5.74, 6) is -3.14. The molecule has 0 spiro atoms. The number of nitrogens with one attached hydrogen (secondary N) is 1. The Labute approximate surface area is 153 Å². The van der Waals surface area contributed by atoms with Gasteiger partial charge in [-0.15, -0.1) is 0 Å².